The van der Waals surface area contributed by atoms with Gasteiger partial charge in [0, 0.05) is 19.3 Å². The van der Waals surface area contributed by atoms with Gasteiger partial charge in [0.1, 0.15) is 13.2 Å². The maximum atomic E-state index is 13.0. The molecule has 0 rings (SSSR count). The van der Waals surface area contributed by atoms with Crippen LogP contribution in [0.5, 0.6) is 0 Å². The number of esters is 3. The van der Waals surface area contributed by atoms with E-state index >= 15 is 0 Å². The van der Waals surface area contributed by atoms with E-state index in [0.717, 1.165) is 122 Å². The van der Waals surface area contributed by atoms with E-state index in [0.29, 0.717) is 19.3 Å². The number of ether oxygens (including phenoxy) is 3. The van der Waals surface area contributed by atoms with Crippen molar-refractivity contribution in [3.63, 3.8) is 0 Å². The molecule has 0 bridgehead atoms. The number of carbonyl (C=O) groups is 3. The molecule has 0 aromatic carbocycles. The van der Waals surface area contributed by atoms with Crippen LogP contribution in [0.1, 0.15) is 329 Å². The summed E-state index contributed by atoms with van der Waals surface area (Å²) in [4.78, 5) is 38.5. The highest BCUT2D eigenvalue weighted by atomic mass is 16.6. The molecule has 0 spiro atoms. The van der Waals surface area contributed by atoms with Gasteiger partial charge in [-0.15, -0.1) is 0 Å². The first-order valence-corrected chi connectivity index (χ1v) is 35.0. The van der Waals surface area contributed by atoms with E-state index in [2.05, 4.69) is 142 Å². The predicted molar refractivity (Wildman–Crippen MR) is 362 cm³/mol. The highest BCUT2D eigenvalue weighted by Gasteiger charge is 2.19. The average Bonchev–Trinajstić information content (AvgIpc) is 3.50. The zero-order valence-electron chi connectivity index (χ0n) is 54.4. The van der Waals surface area contributed by atoms with E-state index in [1.54, 1.807) is 0 Å². The Kier molecular flexibility index (Phi) is 66.7. The maximum absolute atomic E-state index is 13.0. The van der Waals surface area contributed by atoms with Crippen molar-refractivity contribution >= 4 is 17.9 Å². The Balaban J connectivity index is 4.42. The first kappa shape index (κ1) is 78.8. The largest absolute Gasteiger partial charge is 0.462 e. The summed E-state index contributed by atoms with van der Waals surface area (Å²) in [5, 5.41) is 0. The molecule has 83 heavy (non-hydrogen) atoms. The molecule has 1 unspecified atom stereocenters. The number of rotatable bonds is 63. The van der Waals surface area contributed by atoms with Gasteiger partial charge >= 0.3 is 17.9 Å². The summed E-state index contributed by atoms with van der Waals surface area (Å²) in [6, 6.07) is 0. The van der Waals surface area contributed by atoms with E-state index < -0.39 is 6.10 Å². The van der Waals surface area contributed by atoms with Gasteiger partial charge in [-0.05, 0) is 135 Å². The van der Waals surface area contributed by atoms with Crippen LogP contribution in [0.4, 0.5) is 0 Å². The van der Waals surface area contributed by atoms with Gasteiger partial charge in [0.15, 0.2) is 6.10 Å². The van der Waals surface area contributed by atoms with Crippen LogP contribution in [0, 0.1) is 0 Å². The molecule has 0 aliphatic carbocycles. The molecule has 0 radical (unpaired) electrons. The monoisotopic (exact) mass is 1150 g/mol. The number of hydrogen-bond acceptors (Lipinski definition) is 6. The van der Waals surface area contributed by atoms with E-state index in [-0.39, 0.29) is 31.1 Å². The van der Waals surface area contributed by atoms with E-state index in [1.807, 2.05) is 0 Å². The van der Waals surface area contributed by atoms with Crippen molar-refractivity contribution < 1.29 is 28.6 Å². The second-order valence-corrected chi connectivity index (χ2v) is 23.1. The van der Waals surface area contributed by atoms with Crippen LogP contribution in [0.15, 0.2) is 122 Å². The van der Waals surface area contributed by atoms with Gasteiger partial charge in [0.25, 0.3) is 0 Å². The molecule has 0 aliphatic rings. The normalized spacial score (nSPS) is 12.9. The first-order chi connectivity index (χ1) is 41.0. The molecule has 0 aliphatic heterocycles. The molecular formula is C77H130O6. The molecular weight excluding hydrogens is 1020 g/mol. The van der Waals surface area contributed by atoms with Crippen molar-refractivity contribution in [2.75, 3.05) is 13.2 Å². The van der Waals surface area contributed by atoms with E-state index in [1.165, 1.54) is 167 Å². The fourth-order valence-electron chi connectivity index (χ4n) is 9.68. The third-order valence-corrected chi connectivity index (χ3v) is 14.9. The van der Waals surface area contributed by atoms with Gasteiger partial charge in [-0.3, -0.25) is 14.4 Å². The molecule has 0 fully saturated rings. The molecule has 0 aromatic heterocycles. The number of carbonyl (C=O) groups excluding carboxylic acids is 3. The lowest BCUT2D eigenvalue weighted by molar-refractivity contribution is -0.167. The third-order valence-electron chi connectivity index (χ3n) is 14.9. The lowest BCUT2D eigenvalue weighted by atomic mass is 10.1. The Labute approximate surface area is 513 Å². The third kappa shape index (κ3) is 68.5. The SMILES string of the molecule is CC/C=C\C/C=C\C/C=C\C/C=C\C/C=C\CCCCCCCCCCCC(=O)OCC(COC(=O)CCCCCCCC/C=C\C/C=C\C/C=C\CCCCC)OC(=O)CCCCCCCCCCC/C=C\C/C=C\CCCCCCC. The molecule has 6 nitrogen and oxygen atoms in total. The molecule has 0 saturated carbocycles. The van der Waals surface area contributed by atoms with Gasteiger partial charge in [-0.1, -0.05) is 296 Å². The minimum absolute atomic E-state index is 0.0887. The predicted octanol–water partition coefficient (Wildman–Crippen LogP) is 24.3. The molecule has 0 aromatic rings. The summed E-state index contributed by atoms with van der Waals surface area (Å²) in [5.74, 6) is -0.900. The van der Waals surface area contributed by atoms with Crippen molar-refractivity contribution in [3.8, 4) is 0 Å². The number of allylic oxidation sites excluding steroid dienone is 20. The zero-order chi connectivity index (χ0) is 59.9. The highest BCUT2D eigenvalue weighted by Crippen LogP contribution is 2.16. The molecule has 1 atom stereocenters. The fourth-order valence-corrected chi connectivity index (χ4v) is 9.68. The summed E-state index contributed by atoms with van der Waals surface area (Å²) in [6.07, 6.45) is 97.7. The number of hydrogen-bond donors (Lipinski definition) is 0. The Morgan fingerprint density at radius 2 is 0.470 bits per heavy atom. The van der Waals surface area contributed by atoms with Crippen LogP contribution < -0.4 is 0 Å². The molecule has 0 amide bonds. The van der Waals surface area contributed by atoms with E-state index in [4.69, 9.17) is 14.2 Å². The van der Waals surface area contributed by atoms with Crippen molar-refractivity contribution in [2.45, 2.75) is 335 Å². The second kappa shape index (κ2) is 70.3. The van der Waals surface area contributed by atoms with Crippen molar-refractivity contribution in [1.29, 1.82) is 0 Å². The summed E-state index contributed by atoms with van der Waals surface area (Å²) < 4.78 is 17.0. The Bertz CT molecular complexity index is 1700. The van der Waals surface area contributed by atoms with Crippen molar-refractivity contribution in [1.82, 2.24) is 0 Å². The minimum atomic E-state index is -0.794. The quantitative estimate of drug-likeness (QED) is 0.0261. The summed E-state index contributed by atoms with van der Waals surface area (Å²) in [7, 11) is 0. The lowest BCUT2D eigenvalue weighted by Gasteiger charge is -2.18. The molecule has 0 heterocycles. The Morgan fingerprint density at radius 3 is 0.759 bits per heavy atom. The molecule has 0 N–H and O–H groups in total. The van der Waals surface area contributed by atoms with Gasteiger partial charge in [-0.25, -0.2) is 0 Å². The van der Waals surface area contributed by atoms with Crippen LogP contribution in [0.3, 0.4) is 0 Å². The van der Waals surface area contributed by atoms with E-state index in [9.17, 15) is 14.4 Å². The average molecular weight is 1150 g/mol. The standard InChI is InChI=1S/C77H130O6/c1-4-7-10-13-16-19-22-25-28-31-34-36-37-38-39-41-43-46-49-52-55-58-61-64-67-70-76(79)82-73-74(72-81-75(78)69-66-63-60-57-54-51-48-45-42-33-30-27-24-21-18-15-12-9-6-3)83-77(80)71-68-65-62-59-56-53-50-47-44-40-35-32-29-26-23-20-17-14-11-8-5-2/h7,10,16,18-19,21,23,25-28,30,32,34-36,38-39,42,45,74H,4-6,8-9,11-15,17,20,22,24,29,31,33,37,40-41,43-44,46-73H2,1-3H3/b10-7-,19-16-,21-18-,26-23-,28-25-,30-27-,35-32-,36-34-,39-38-,45-42-. The Hall–Kier alpha value is -4.19. The lowest BCUT2D eigenvalue weighted by Crippen LogP contribution is -2.30. The van der Waals surface area contributed by atoms with Crippen LogP contribution in [0.25, 0.3) is 0 Å². The molecule has 474 valence electrons. The topological polar surface area (TPSA) is 78.9 Å². The minimum Gasteiger partial charge on any atom is -0.462 e. The highest BCUT2D eigenvalue weighted by molar-refractivity contribution is 5.71. The van der Waals surface area contributed by atoms with Gasteiger partial charge in [0.05, 0.1) is 0 Å². The smallest absolute Gasteiger partial charge is 0.306 e. The van der Waals surface area contributed by atoms with Crippen LogP contribution in [0.2, 0.25) is 0 Å². The summed E-state index contributed by atoms with van der Waals surface area (Å²) in [5.41, 5.74) is 0. The van der Waals surface area contributed by atoms with Gasteiger partial charge in [0.2, 0.25) is 0 Å². The van der Waals surface area contributed by atoms with Gasteiger partial charge < -0.3 is 14.2 Å². The van der Waals surface area contributed by atoms with Crippen LogP contribution in [-0.4, -0.2) is 37.2 Å². The van der Waals surface area contributed by atoms with Gasteiger partial charge in [-0.2, -0.15) is 0 Å². The molecule has 6 heteroatoms. The fraction of sp³-hybridized carbons (Fsp3) is 0.701. The number of unbranched alkanes of at least 4 members (excludes halogenated alkanes) is 32. The van der Waals surface area contributed by atoms with Crippen molar-refractivity contribution in [3.05, 3.63) is 122 Å². The Morgan fingerprint density at radius 1 is 0.253 bits per heavy atom. The van der Waals surface area contributed by atoms with Crippen LogP contribution >= 0.6 is 0 Å². The summed E-state index contributed by atoms with van der Waals surface area (Å²) >= 11 is 0. The first-order valence-electron chi connectivity index (χ1n) is 35.0. The summed E-state index contributed by atoms with van der Waals surface area (Å²) in [6.45, 7) is 6.50. The maximum Gasteiger partial charge on any atom is 0.306 e. The zero-order valence-corrected chi connectivity index (χ0v) is 54.4. The second-order valence-electron chi connectivity index (χ2n) is 23.1. The molecule has 0 saturated heterocycles. The van der Waals surface area contributed by atoms with Crippen molar-refractivity contribution in [2.24, 2.45) is 0 Å². The van der Waals surface area contributed by atoms with Crippen LogP contribution in [-0.2, 0) is 28.6 Å².